The van der Waals surface area contributed by atoms with Gasteiger partial charge >= 0.3 is 6.18 Å². The fourth-order valence-electron chi connectivity index (χ4n) is 1.14. The van der Waals surface area contributed by atoms with Crippen molar-refractivity contribution in [2.75, 3.05) is 12.3 Å². The highest BCUT2D eigenvalue weighted by atomic mass is 19.4. The van der Waals surface area contributed by atoms with Gasteiger partial charge in [0.05, 0.1) is 11.5 Å². The number of benzene rings is 1. The van der Waals surface area contributed by atoms with Crippen LogP contribution in [0.3, 0.4) is 0 Å². The van der Waals surface area contributed by atoms with Crippen LogP contribution < -0.4 is 5.73 Å². The average Bonchev–Trinajstić information content (AvgIpc) is 2.15. The van der Waals surface area contributed by atoms with Crippen LogP contribution in [0.2, 0.25) is 0 Å². The maximum atomic E-state index is 11.8. The number of hydrogen-bond acceptors (Lipinski definition) is 4. The standard InChI is InChI=1S/C9H9F3N2O3/c10-9(11,12)5-17-4-6-1-2-8(14(15)16)7(13)3-6/h1-3H,4-5,13H2. The molecule has 0 aliphatic carbocycles. The molecular weight excluding hydrogens is 241 g/mol. The second-order valence-electron chi connectivity index (χ2n) is 3.26. The molecule has 1 rings (SSSR count). The van der Waals surface area contributed by atoms with E-state index >= 15 is 0 Å². The third-order valence-electron chi connectivity index (χ3n) is 1.82. The van der Waals surface area contributed by atoms with Crippen LogP contribution in [0.15, 0.2) is 18.2 Å². The molecular formula is C9H9F3N2O3. The van der Waals surface area contributed by atoms with Gasteiger partial charge in [-0.15, -0.1) is 0 Å². The number of anilines is 1. The first-order chi connectivity index (χ1) is 7.79. The summed E-state index contributed by atoms with van der Waals surface area (Å²) in [6.07, 6.45) is -4.40. The minimum Gasteiger partial charge on any atom is -0.393 e. The lowest BCUT2D eigenvalue weighted by Crippen LogP contribution is -2.16. The maximum Gasteiger partial charge on any atom is 0.411 e. The topological polar surface area (TPSA) is 78.4 Å². The molecule has 5 nitrogen and oxygen atoms in total. The molecule has 1 aromatic carbocycles. The van der Waals surface area contributed by atoms with Crippen molar-refractivity contribution >= 4 is 11.4 Å². The lowest BCUT2D eigenvalue weighted by Gasteiger charge is -2.08. The monoisotopic (exact) mass is 250 g/mol. The Morgan fingerprint density at radius 1 is 1.41 bits per heavy atom. The maximum absolute atomic E-state index is 11.8. The summed E-state index contributed by atoms with van der Waals surface area (Å²) in [5.41, 5.74) is 5.31. The molecule has 0 saturated carbocycles. The molecule has 1 aromatic rings. The number of alkyl halides is 3. The number of nitro benzene ring substituents is 1. The number of halogens is 3. The van der Waals surface area contributed by atoms with Gasteiger partial charge in [-0.2, -0.15) is 13.2 Å². The molecule has 2 N–H and O–H groups in total. The SMILES string of the molecule is Nc1cc(COCC(F)(F)F)ccc1[N+](=O)[O-]. The highest BCUT2D eigenvalue weighted by Crippen LogP contribution is 2.23. The van der Waals surface area contributed by atoms with E-state index in [1.807, 2.05) is 0 Å². The predicted octanol–water partition coefficient (Wildman–Crippen LogP) is 2.26. The summed E-state index contributed by atoms with van der Waals surface area (Å²) < 4.78 is 39.7. The first-order valence-electron chi connectivity index (χ1n) is 4.47. The van der Waals surface area contributed by atoms with Gasteiger partial charge < -0.3 is 10.5 Å². The molecule has 94 valence electrons. The summed E-state index contributed by atoms with van der Waals surface area (Å²) in [5, 5.41) is 10.4. The van der Waals surface area contributed by atoms with Crippen LogP contribution >= 0.6 is 0 Å². The molecule has 0 saturated heterocycles. The fraction of sp³-hybridized carbons (Fsp3) is 0.333. The van der Waals surface area contributed by atoms with E-state index in [9.17, 15) is 23.3 Å². The highest BCUT2D eigenvalue weighted by Gasteiger charge is 2.27. The third-order valence-corrected chi connectivity index (χ3v) is 1.82. The zero-order valence-electron chi connectivity index (χ0n) is 8.53. The predicted molar refractivity (Wildman–Crippen MR) is 53.2 cm³/mol. The zero-order chi connectivity index (χ0) is 13.1. The van der Waals surface area contributed by atoms with Gasteiger partial charge in [-0.3, -0.25) is 10.1 Å². The summed E-state index contributed by atoms with van der Waals surface area (Å²) in [6, 6.07) is 3.64. The Bertz CT molecular complexity index is 420. The highest BCUT2D eigenvalue weighted by molar-refractivity contribution is 5.59. The lowest BCUT2D eigenvalue weighted by molar-refractivity contribution is -0.383. The third kappa shape index (κ3) is 4.27. The van der Waals surface area contributed by atoms with Crippen LogP contribution in [0.4, 0.5) is 24.5 Å². The minimum absolute atomic E-state index is 0.108. The minimum atomic E-state index is -4.40. The molecule has 0 spiro atoms. The van der Waals surface area contributed by atoms with E-state index in [1.54, 1.807) is 0 Å². The van der Waals surface area contributed by atoms with Gasteiger partial charge in [-0.25, -0.2) is 0 Å². The Balaban J connectivity index is 2.62. The first-order valence-corrected chi connectivity index (χ1v) is 4.47. The molecule has 0 radical (unpaired) electrons. The number of rotatable bonds is 4. The Morgan fingerprint density at radius 2 is 2.06 bits per heavy atom. The quantitative estimate of drug-likeness (QED) is 0.505. The van der Waals surface area contributed by atoms with E-state index in [2.05, 4.69) is 4.74 Å². The van der Waals surface area contributed by atoms with Gasteiger partial charge in [-0.1, -0.05) is 0 Å². The van der Waals surface area contributed by atoms with Crippen LogP contribution in [-0.4, -0.2) is 17.7 Å². The van der Waals surface area contributed by atoms with Gasteiger partial charge in [0.15, 0.2) is 0 Å². The van der Waals surface area contributed by atoms with Crippen molar-refractivity contribution in [1.82, 2.24) is 0 Å². The average molecular weight is 250 g/mol. The summed E-state index contributed by atoms with van der Waals surface area (Å²) in [7, 11) is 0. The van der Waals surface area contributed by atoms with Crippen LogP contribution in [0, 0.1) is 10.1 Å². The summed E-state index contributed by atoms with van der Waals surface area (Å²) in [5.74, 6) is 0. The first kappa shape index (κ1) is 13.2. The van der Waals surface area contributed by atoms with E-state index in [0.29, 0.717) is 5.56 Å². The van der Waals surface area contributed by atoms with Gasteiger partial charge in [-0.05, 0) is 17.7 Å². The molecule has 0 aliphatic rings. The fourth-order valence-corrected chi connectivity index (χ4v) is 1.14. The van der Waals surface area contributed by atoms with Gasteiger partial charge in [0.25, 0.3) is 5.69 Å². The smallest absolute Gasteiger partial charge is 0.393 e. The normalized spacial score (nSPS) is 11.5. The summed E-state index contributed by atoms with van der Waals surface area (Å²) in [6.45, 7) is -1.68. The van der Waals surface area contributed by atoms with Gasteiger partial charge in [0.2, 0.25) is 0 Å². The molecule has 0 aliphatic heterocycles. The van der Waals surface area contributed by atoms with Gasteiger partial charge in [0.1, 0.15) is 12.3 Å². The van der Waals surface area contributed by atoms with E-state index in [-0.39, 0.29) is 18.0 Å². The lowest BCUT2D eigenvalue weighted by atomic mass is 10.2. The number of hydrogen-bond donors (Lipinski definition) is 1. The molecule has 0 aromatic heterocycles. The molecule has 0 unspecified atom stereocenters. The van der Waals surface area contributed by atoms with Crippen molar-refractivity contribution in [3.8, 4) is 0 Å². The zero-order valence-corrected chi connectivity index (χ0v) is 8.53. The van der Waals surface area contributed by atoms with Crippen molar-refractivity contribution in [3.63, 3.8) is 0 Å². The Morgan fingerprint density at radius 3 is 2.53 bits per heavy atom. The van der Waals surface area contributed by atoms with Crippen molar-refractivity contribution < 1.29 is 22.8 Å². The summed E-state index contributed by atoms with van der Waals surface area (Å²) >= 11 is 0. The number of nitro groups is 1. The molecule has 0 bridgehead atoms. The van der Waals surface area contributed by atoms with E-state index < -0.39 is 17.7 Å². The van der Waals surface area contributed by atoms with Crippen LogP contribution in [-0.2, 0) is 11.3 Å². The van der Waals surface area contributed by atoms with Gasteiger partial charge in [0, 0.05) is 6.07 Å². The van der Waals surface area contributed by atoms with E-state index in [0.717, 1.165) is 6.07 Å². The van der Waals surface area contributed by atoms with E-state index in [1.165, 1.54) is 12.1 Å². The molecule has 0 atom stereocenters. The second kappa shape index (κ2) is 5.00. The number of nitrogens with two attached hydrogens (primary N) is 1. The van der Waals surface area contributed by atoms with Crippen LogP contribution in [0.25, 0.3) is 0 Å². The van der Waals surface area contributed by atoms with Crippen molar-refractivity contribution in [1.29, 1.82) is 0 Å². The Kier molecular flexibility index (Phi) is 3.89. The number of nitrogens with zero attached hydrogens (tertiary/aromatic N) is 1. The van der Waals surface area contributed by atoms with Crippen molar-refractivity contribution in [2.45, 2.75) is 12.8 Å². The molecule has 0 fully saturated rings. The van der Waals surface area contributed by atoms with Crippen LogP contribution in [0.1, 0.15) is 5.56 Å². The molecule has 8 heteroatoms. The molecule has 0 heterocycles. The molecule has 0 amide bonds. The Labute approximate surface area is 94.1 Å². The summed E-state index contributed by atoms with van der Waals surface area (Å²) in [4.78, 5) is 9.75. The number of ether oxygens (including phenoxy) is 1. The second-order valence-corrected chi connectivity index (χ2v) is 3.26. The van der Waals surface area contributed by atoms with E-state index in [4.69, 9.17) is 5.73 Å². The van der Waals surface area contributed by atoms with Crippen LogP contribution in [0.5, 0.6) is 0 Å². The molecule has 17 heavy (non-hydrogen) atoms. The van der Waals surface area contributed by atoms with Crippen molar-refractivity contribution in [2.24, 2.45) is 0 Å². The Hall–Kier alpha value is -1.83. The number of nitrogen functional groups attached to an aromatic ring is 1. The largest absolute Gasteiger partial charge is 0.411 e. The van der Waals surface area contributed by atoms with Crippen molar-refractivity contribution in [3.05, 3.63) is 33.9 Å².